The second-order valence-electron chi connectivity index (χ2n) is 8.95. The van der Waals surface area contributed by atoms with E-state index >= 15 is 0 Å². The SMILES string of the molecule is CCOC(=O)CN(CC(=O)OCC)c1ccc(OCc2ccc(OCC)cc2)cc1N(CC(=O)OCC)CC(=O)OCC. The summed E-state index contributed by atoms with van der Waals surface area (Å²) in [6.45, 7) is 8.76. The lowest BCUT2D eigenvalue weighted by Gasteiger charge is -2.31. The Morgan fingerprint density at radius 3 is 1.35 bits per heavy atom. The zero-order chi connectivity index (χ0) is 31.6. The van der Waals surface area contributed by atoms with Crippen molar-refractivity contribution >= 4 is 35.3 Å². The van der Waals surface area contributed by atoms with Gasteiger partial charge in [0, 0.05) is 6.07 Å². The molecule has 0 fully saturated rings. The lowest BCUT2D eigenvalue weighted by molar-refractivity contribution is -0.144. The minimum atomic E-state index is -0.583. The van der Waals surface area contributed by atoms with E-state index in [9.17, 15) is 19.2 Å². The quantitative estimate of drug-likeness (QED) is 0.172. The zero-order valence-electron chi connectivity index (χ0n) is 25.6. The predicted molar refractivity (Wildman–Crippen MR) is 159 cm³/mol. The summed E-state index contributed by atoms with van der Waals surface area (Å²) in [4.78, 5) is 53.3. The van der Waals surface area contributed by atoms with Gasteiger partial charge in [-0.25, -0.2) is 0 Å². The van der Waals surface area contributed by atoms with Crippen LogP contribution in [-0.2, 0) is 44.7 Å². The number of hydrogen-bond acceptors (Lipinski definition) is 12. The lowest BCUT2D eigenvalue weighted by atomic mass is 10.2. The van der Waals surface area contributed by atoms with Crippen molar-refractivity contribution in [3.05, 3.63) is 48.0 Å². The third-order valence-corrected chi connectivity index (χ3v) is 5.77. The lowest BCUT2D eigenvalue weighted by Crippen LogP contribution is -2.40. The molecule has 2 rings (SSSR count). The highest BCUT2D eigenvalue weighted by molar-refractivity contribution is 5.89. The van der Waals surface area contributed by atoms with Crippen molar-refractivity contribution in [2.24, 2.45) is 0 Å². The summed E-state index contributed by atoms with van der Waals surface area (Å²) in [5.41, 5.74) is 1.58. The van der Waals surface area contributed by atoms with Crippen molar-refractivity contribution in [1.82, 2.24) is 0 Å². The molecular formula is C31H42N2O10. The van der Waals surface area contributed by atoms with E-state index in [1.165, 1.54) is 9.80 Å². The summed E-state index contributed by atoms with van der Waals surface area (Å²) in [6.07, 6.45) is 0. The molecule has 43 heavy (non-hydrogen) atoms. The van der Waals surface area contributed by atoms with Crippen molar-refractivity contribution in [1.29, 1.82) is 0 Å². The van der Waals surface area contributed by atoms with Crippen LogP contribution >= 0.6 is 0 Å². The van der Waals surface area contributed by atoms with Gasteiger partial charge in [-0.2, -0.15) is 0 Å². The second-order valence-corrected chi connectivity index (χ2v) is 8.95. The van der Waals surface area contributed by atoms with Crippen LogP contribution < -0.4 is 19.3 Å². The molecule has 0 saturated heterocycles. The van der Waals surface area contributed by atoms with Crippen molar-refractivity contribution in [3.63, 3.8) is 0 Å². The van der Waals surface area contributed by atoms with Gasteiger partial charge in [-0.05, 0) is 64.4 Å². The average molecular weight is 603 g/mol. The number of rotatable bonds is 19. The molecule has 0 amide bonds. The Kier molecular flexibility index (Phi) is 15.2. The second kappa shape index (κ2) is 18.9. The molecule has 0 atom stereocenters. The molecule has 0 aromatic heterocycles. The third kappa shape index (κ3) is 12.1. The number of carbonyl (C=O) groups excluding carboxylic acids is 4. The van der Waals surface area contributed by atoms with E-state index < -0.39 is 23.9 Å². The van der Waals surface area contributed by atoms with Crippen LogP contribution in [0.5, 0.6) is 11.5 Å². The molecule has 0 saturated carbocycles. The van der Waals surface area contributed by atoms with E-state index in [1.54, 1.807) is 45.9 Å². The van der Waals surface area contributed by atoms with Gasteiger partial charge in [-0.15, -0.1) is 0 Å². The van der Waals surface area contributed by atoms with Crippen LogP contribution in [0, 0.1) is 0 Å². The number of ether oxygens (including phenoxy) is 6. The number of carbonyl (C=O) groups is 4. The highest BCUT2D eigenvalue weighted by atomic mass is 16.5. The van der Waals surface area contributed by atoms with E-state index in [-0.39, 0.29) is 59.2 Å². The molecule has 0 aliphatic carbocycles. The molecule has 12 heteroatoms. The van der Waals surface area contributed by atoms with E-state index in [1.807, 2.05) is 31.2 Å². The molecule has 2 aromatic carbocycles. The summed E-state index contributed by atoms with van der Waals surface area (Å²) >= 11 is 0. The number of esters is 4. The van der Waals surface area contributed by atoms with Gasteiger partial charge >= 0.3 is 23.9 Å². The van der Waals surface area contributed by atoms with Crippen LogP contribution in [-0.4, -0.2) is 83.1 Å². The Balaban J connectivity index is 2.55. The maximum absolute atomic E-state index is 12.6. The standard InChI is InChI=1S/C31H42N2O10/c1-6-38-24-13-11-23(12-14-24)22-43-25-15-16-26(32(18-28(34)39-7-2)19-29(35)40-8-3)27(17-25)33(20-30(36)41-9-4)21-31(37)42-10-5/h11-17H,6-10,18-22H2,1-5H3. The average Bonchev–Trinajstić information content (AvgIpc) is 2.97. The molecule has 0 aliphatic rings. The molecule has 0 N–H and O–H groups in total. The first-order chi connectivity index (χ1) is 20.7. The molecule has 0 spiro atoms. The number of benzene rings is 2. The Hall–Kier alpha value is -4.48. The van der Waals surface area contributed by atoms with Gasteiger partial charge < -0.3 is 38.2 Å². The van der Waals surface area contributed by atoms with Gasteiger partial charge in [0.25, 0.3) is 0 Å². The van der Waals surface area contributed by atoms with Crippen LogP contribution in [0.4, 0.5) is 11.4 Å². The van der Waals surface area contributed by atoms with Crippen molar-refractivity contribution < 1.29 is 47.6 Å². The Morgan fingerprint density at radius 2 is 0.930 bits per heavy atom. The maximum atomic E-state index is 12.6. The summed E-state index contributed by atoms with van der Waals surface area (Å²) in [5, 5.41) is 0. The molecule has 12 nitrogen and oxygen atoms in total. The van der Waals surface area contributed by atoms with E-state index in [2.05, 4.69) is 0 Å². The van der Waals surface area contributed by atoms with Crippen molar-refractivity contribution in [2.45, 2.75) is 41.2 Å². The third-order valence-electron chi connectivity index (χ3n) is 5.77. The van der Waals surface area contributed by atoms with Gasteiger partial charge in [-0.3, -0.25) is 19.2 Å². The Bertz CT molecular complexity index is 1150. The fourth-order valence-electron chi connectivity index (χ4n) is 4.03. The maximum Gasteiger partial charge on any atom is 0.325 e. The largest absolute Gasteiger partial charge is 0.494 e. The van der Waals surface area contributed by atoms with E-state index in [0.717, 1.165) is 11.3 Å². The molecule has 0 heterocycles. The first kappa shape index (κ1) is 34.7. The van der Waals surface area contributed by atoms with Gasteiger partial charge in [0.1, 0.15) is 44.3 Å². The number of nitrogens with zero attached hydrogens (tertiary/aromatic N) is 2. The minimum absolute atomic E-state index is 0.141. The molecule has 2 aromatic rings. The highest BCUT2D eigenvalue weighted by Crippen LogP contribution is 2.34. The van der Waals surface area contributed by atoms with E-state index in [0.29, 0.717) is 23.7 Å². The van der Waals surface area contributed by atoms with E-state index in [4.69, 9.17) is 28.4 Å². The van der Waals surface area contributed by atoms with Gasteiger partial charge in [-0.1, -0.05) is 12.1 Å². The topological polar surface area (TPSA) is 130 Å². The molecule has 0 unspecified atom stereocenters. The summed E-state index contributed by atoms with van der Waals surface area (Å²) < 4.78 is 32.1. The summed E-state index contributed by atoms with van der Waals surface area (Å²) in [6, 6.07) is 12.4. The summed E-state index contributed by atoms with van der Waals surface area (Å²) in [5.74, 6) is -1.15. The first-order valence-electron chi connectivity index (χ1n) is 14.3. The predicted octanol–water partition coefficient (Wildman–Crippen LogP) is 3.53. The Labute approximate surface area is 252 Å². The first-order valence-corrected chi connectivity index (χ1v) is 14.3. The van der Waals surface area contributed by atoms with Crippen LogP contribution in [0.25, 0.3) is 0 Å². The molecule has 236 valence electrons. The van der Waals surface area contributed by atoms with Crippen LogP contribution in [0.3, 0.4) is 0 Å². The van der Waals surface area contributed by atoms with Crippen LogP contribution in [0.15, 0.2) is 42.5 Å². The molecule has 0 aliphatic heterocycles. The normalized spacial score (nSPS) is 10.3. The smallest absolute Gasteiger partial charge is 0.325 e. The molecule has 0 radical (unpaired) electrons. The van der Waals surface area contributed by atoms with Crippen molar-refractivity contribution in [3.8, 4) is 11.5 Å². The monoisotopic (exact) mass is 602 g/mol. The number of anilines is 2. The Morgan fingerprint density at radius 1 is 0.512 bits per heavy atom. The highest BCUT2D eigenvalue weighted by Gasteiger charge is 2.26. The van der Waals surface area contributed by atoms with Gasteiger partial charge in [0.2, 0.25) is 0 Å². The van der Waals surface area contributed by atoms with Crippen molar-refractivity contribution in [2.75, 3.05) is 69.0 Å². The molecular weight excluding hydrogens is 560 g/mol. The molecule has 0 bridgehead atoms. The van der Waals surface area contributed by atoms with Gasteiger partial charge in [0.05, 0.1) is 44.4 Å². The summed E-state index contributed by atoms with van der Waals surface area (Å²) in [7, 11) is 0. The fraction of sp³-hybridized carbons (Fsp3) is 0.484. The fourth-order valence-corrected chi connectivity index (χ4v) is 4.03. The number of hydrogen-bond donors (Lipinski definition) is 0. The minimum Gasteiger partial charge on any atom is -0.494 e. The van der Waals surface area contributed by atoms with Gasteiger partial charge in [0.15, 0.2) is 0 Å². The van der Waals surface area contributed by atoms with Crippen LogP contribution in [0.1, 0.15) is 40.2 Å². The zero-order valence-corrected chi connectivity index (χ0v) is 25.6. The van der Waals surface area contributed by atoms with Crippen LogP contribution in [0.2, 0.25) is 0 Å².